The average Bonchev–Trinajstić information content (AvgIpc) is 2.74. The van der Waals surface area contributed by atoms with Crippen LogP contribution in [0.5, 0.6) is 11.5 Å². The van der Waals surface area contributed by atoms with Gasteiger partial charge in [-0.25, -0.2) is 4.79 Å². The molecule has 32 heavy (non-hydrogen) atoms. The number of hydrogen-bond donors (Lipinski definition) is 4. The Morgan fingerprint density at radius 1 is 1.09 bits per heavy atom. The number of carboxylic acid groups (broad SMARTS) is 1. The van der Waals surface area contributed by atoms with E-state index in [9.17, 15) is 25.2 Å². The van der Waals surface area contributed by atoms with Crippen LogP contribution in [-0.4, -0.2) is 88.2 Å². The molecular formula is C23H31NO8. The van der Waals surface area contributed by atoms with Crippen molar-refractivity contribution in [2.75, 3.05) is 20.2 Å². The van der Waals surface area contributed by atoms with Crippen molar-refractivity contribution in [3.05, 3.63) is 29.3 Å². The first-order chi connectivity index (χ1) is 15.4. The van der Waals surface area contributed by atoms with Gasteiger partial charge in [0, 0.05) is 6.04 Å². The predicted molar refractivity (Wildman–Crippen MR) is 114 cm³/mol. The summed E-state index contributed by atoms with van der Waals surface area (Å²) in [5.41, 5.74) is 2.37. The zero-order valence-electron chi connectivity index (χ0n) is 18.1. The fourth-order valence-electron chi connectivity index (χ4n) is 4.62. The third-order valence-electron chi connectivity index (χ3n) is 6.55. The summed E-state index contributed by atoms with van der Waals surface area (Å²) >= 11 is 0. The Hall–Kier alpha value is -2.17. The van der Waals surface area contributed by atoms with Gasteiger partial charge < -0.3 is 34.6 Å². The molecule has 2 heterocycles. The number of carbonyl (C=O) groups is 1. The lowest BCUT2D eigenvalue weighted by Gasteiger charge is -2.42. The van der Waals surface area contributed by atoms with Gasteiger partial charge in [-0.2, -0.15) is 0 Å². The molecule has 6 atom stereocenters. The van der Waals surface area contributed by atoms with Crippen LogP contribution in [0, 0.1) is 0 Å². The monoisotopic (exact) mass is 449 g/mol. The van der Waals surface area contributed by atoms with Crippen molar-refractivity contribution in [2.45, 2.75) is 68.9 Å². The fourth-order valence-corrected chi connectivity index (χ4v) is 4.62. The molecule has 9 heteroatoms. The van der Waals surface area contributed by atoms with Crippen LogP contribution < -0.4 is 9.47 Å². The van der Waals surface area contributed by atoms with E-state index in [1.807, 2.05) is 12.1 Å². The first-order valence-corrected chi connectivity index (χ1v) is 11.1. The molecule has 9 nitrogen and oxygen atoms in total. The molecule has 0 spiro atoms. The van der Waals surface area contributed by atoms with Crippen LogP contribution in [0.1, 0.15) is 37.7 Å². The maximum atomic E-state index is 11.3. The van der Waals surface area contributed by atoms with Gasteiger partial charge >= 0.3 is 5.97 Å². The van der Waals surface area contributed by atoms with E-state index >= 15 is 0 Å². The highest BCUT2D eigenvalue weighted by molar-refractivity contribution is 5.73. The molecule has 1 saturated carbocycles. The molecule has 0 unspecified atom stereocenters. The van der Waals surface area contributed by atoms with E-state index in [1.165, 1.54) is 38.4 Å². The maximum absolute atomic E-state index is 11.3. The van der Waals surface area contributed by atoms with Crippen LogP contribution in [0.25, 0.3) is 6.08 Å². The number of aliphatic hydroxyl groups is 3. The van der Waals surface area contributed by atoms with Crippen molar-refractivity contribution >= 4 is 12.0 Å². The van der Waals surface area contributed by atoms with E-state index in [-0.39, 0.29) is 5.75 Å². The number of hydrogen-bond acceptors (Lipinski definition) is 8. The van der Waals surface area contributed by atoms with Crippen molar-refractivity contribution in [1.82, 2.24) is 4.90 Å². The Morgan fingerprint density at radius 2 is 1.88 bits per heavy atom. The molecule has 1 aliphatic carbocycles. The molecule has 3 aliphatic rings. The van der Waals surface area contributed by atoms with Crippen LogP contribution in [0.15, 0.2) is 23.8 Å². The number of likely N-dealkylation sites (tertiary alicyclic amines) is 1. The highest BCUT2D eigenvalue weighted by atomic mass is 16.7. The minimum atomic E-state index is -1.77. The lowest BCUT2D eigenvalue weighted by Crippen LogP contribution is -2.61. The summed E-state index contributed by atoms with van der Waals surface area (Å²) in [4.78, 5) is 13.8. The van der Waals surface area contributed by atoms with Gasteiger partial charge in [-0.3, -0.25) is 4.90 Å². The molecule has 1 aromatic carbocycles. The molecule has 1 aromatic rings. The van der Waals surface area contributed by atoms with Crippen LogP contribution >= 0.6 is 0 Å². The number of methoxy groups -OCH3 is 1. The molecule has 2 saturated heterocycles. The Kier molecular flexibility index (Phi) is 7.02. The first-order valence-electron chi connectivity index (χ1n) is 11.1. The second-order valence-corrected chi connectivity index (χ2v) is 8.63. The van der Waals surface area contributed by atoms with Gasteiger partial charge in [0.15, 0.2) is 17.6 Å². The van der Waals surface area contributed by atoms with Gasteiger partial charge in [-0.05, 0) is 56.5 Å². The van der Waals surface area contributed by atoms with Gasteiger partial charge in [0.05, 0.1) is 7.11 Å². The largest absolute Gasteiger partial charge is 0.493 e. The van der Waals surface area contributed by atoms with E-state index < -0.39 is 36.7 Å². The molecule has 4 N–H and O–H groups in total. The lowest BCUT2D eigenvalue weighted by molar-refractivity contribution is -0.271. The summed E-state index contributed by atoms with van der Waals surface area (Å²) < 4.78 is 16.3. The molecule has 2 aliphatic heterocycles. The molecule has 0 radical (unpaired) electrons. The molecule has 0 aromatic heterocycles. The van der Waals surface area contributed by atoms with Gasteiger partial charge in [-0.15, -0.1) is 0 Å². The fraction of sp³-hybridized carbons (Fsp3) is 0.609. The van der Waals surface area contributed by atoms with E-state index in [2.05, 4.69) is 11.0 Å². The smallest absolute Gasteiger partial charge is 0.335 e. The summed E-state index contributed by atoms with van der Waals surface area (Å²) in [5.74, 6) is -0.844. The Bertz CT molecular complexity index is 854. The minimum Gasteiger partial charge on any atom is -0.493 e. The summed E-state index contributed by atoms with van der Waals surface area (Å²) in [6, 6.07) is 5.84. The second kappa shape index (κ2) is 9.76. The molecule has 4 rings (SSSR count). The molecule has 176 valence electrons. The zero-order valence-corrected chi connectivity index (χ0v) is 18.1. The zero-order chi connectivity index (χ0) is 22.8. The van der Waals surface area contributed by atoms with Crippen molar-refractivity contribution in [3.8, 4) is 11.5 Å². The van der Waals surface area contributed by atoms with E-state index in [0.29, 0.717) is 11.8 Å². The van der Waals surface area contributed by atoms with Crippen molar-refractivity contribution in [1.29, 1.82) is 0 Å². The van der Waals surface area contributed by atoms with Crippen LogP contribution in [0.4, 0.5) is 0 Å². The maximum Gasteiger partial charge on any atom is 0.335 e. The first kappa shape index (κ1) is 23.0. The van der Waals surface area contributed by atoms with Crippen molar-refractivity contribution in [3.63, 3.8) is 0 Å². The second-order valence-electron chi connectivity index (χ2n) is 8.63. The Balaban J connectivity index is 1.53. The van der Waals surface area contributed by atoms with Crippen LogP contribution in [0.3, 0.4) is 0 Å². The highest BCUT2D eigenvalue weighted by Gasteiger charge is 2.48. The molecule has 0 amide bonds. The standard InChI is InChI=1S/C23H31NO8/c1-30-17-12-13(11-14-5-2-3-6-15(14)24-9-4-10-24)7-8-16(17)31-23-20(27)18(25)19(26)21(32-23)22(28)29/h7-8,11-12,15,18-21,23,25-27H,2-6,9-10H2,1H3,(H,28,29)/b14-11+/t15-,18-,19-,20+,21-,23+/m0/s1. The van der Waals surface area contributed by atoms with Crippen molar-refractivity contribution < 1.29 is 39.4 Å². The lowest BCUT2D eigenvalue weighted by atomic mass is 9.86. The summed E-state index contributed by atoms with van der Waals surface area (Å²) in [5, 5.41) is 39.2. The topological polar surface area (TPSA) is 129 Å². The third-order valence-corrected chi connectivity index (χ3v) is 6.55. The molecule has 3 fully saturated rings. The number of aliphatic hydroxyl groups excluding tert-OH is 3. The number of benzene rings is 1. The van der Waals surface area contributed by atoms with Gasteiger partial charge in [0.1, 0.15) is 18.3 Å². The van der Waals surface area contributed by atoms with Crippen molar-refractivity contribution in [2.24, 2.45) is 0 Å². The van der Waals surface area contributed by atoms with Crippen LogP contribution in [0.2, 0.25) is 0 Å². The molecule has 0 bridgehead atoms. The molecular weight excluding hydrogens is 418 g/mol. The summed E-state index contributed by atoms with van der Waals surface area (Å²) in [7, 11) is 1.49. The third kappa shape index (κ3) is 4.62. The predicted octanol–water partition coefficient (Wildman–Crippen LogP) is 0.998. The van der Waals surface area contributed by atoms with E-state index in [0.717, 1.165) is 25.1 Å². The Morgan fingerprint density at radius 3 is 2.53 bits per heavy atom. The number of ether oxygens (including phenoxy) is 3. The number of carboxylic acids is 1. The van der Waals surface area contributed by atoms with E-state index in [4.69, 9.17) is 14.2 Å². The Labute approximate surface area is 186 Å². The quantitative estimate of drug-likeness (QED) is 0.503. The van der Waals surface area contributed by atoms with Gasteiger partial charge in [0.2, 0.25) is 6.29 Å². The number of rotatable bonds is 6. The van der Waals surface area contributed by atoms with Crippen LogP contribution in [-0.2, 0) is 9.53 Å². The SMILES string of the molecule is COc1cc(/C=C2\CCCC[C@@H]2N2CCC2)ccc1O[C@@H]1O[C@H](C(=O)O)[C@@H](O)[C@H](O)[C@H]1O. The number of nitrogens with zero attached hydrogens (tertiary/aromatic N) is 1. The van der Waals surface area contributed by atoms with Gasteiger partial charge in [-0.1, -0.05) is 24.1 Å². The highest BCUT2D eigenvalue weighted by Crippen LogP contribution is 2.35. The average molecular weight is 450 g/mol. The summed E-state index contributed by atoms with van der Waals surface area (Å²) in [6.07, 6.45) is -0.204. The normalized spacial score (nSPS) is 34.7. The van der Waals surface area contributed by atoms with E-state index in [1.54, 1.807) is 6.07 Å². The number of aliphatic carboxylic acids is 1. The summed E-state index contributed by atoms with van der Waals surface area (Å²) in [6.45, 7) is 2.30. The van der Waals surface area contributed by atoms with Gasteiger partial charge in [0.25, 0.3) is 0 Å². The minimum absolute atomic E-state index is 0.231.